The number of imidazole rings is 1. The van der Waals surface area contributed by atoms with Crippen LogP contribution in [0.1, 0.15) is 40.4 Å². The highest BCUT2D eigenvalue weighted by molar-refractivity contribution is 5.94. The molecule has 5 rings (SSSR count). The number of nitrogens with one attached hydrogen (secondary N) is 1. The molecule has 2 aromatic heterocycles. The third kappa shape index (κ3) is 3.77. The van der Waals surface area contributed by atoms with Crippen molar-refractivity contribution in [2.75, 3.05) is 13.1 Å². The van der Waals surface area contributed by atoms with E-state index in [4.69, 9.17) is 0 Å². The summed E-state index contributed by atoms with van der Waals surface area (Å²) < 4.78 is 1.93. The molecule has 1 atom stereocenters. The number of aromatic amines is 1. The Bertz CT molecular complexity index is 1180. The predicted octanol–water partition coefficient (Wildman–Crippen LogP) is 4.59. The molecule has 6 nitrogen and oxygen atoms in total. The van der Waals surface area contributed by atoms with Gasteiger partial charge in [0.25, 0.3) is 5.91 Å². The molecule has 0 spiro atoms. The number of aromatic nitrogens is 4. The number of H-pyrrole nitrogens is 1. The molecule has 0 unspecified atom stereocenters. The molecule has 6 heteroatoms. The Labute approximate surface area is 181 Å². The Morgan fingerprint density at radius 3 is 2.71 bits per heavy atom. The van der Waals surface area contributed by atoms with E-state index in [0.29, 0.717) is 12.1 Å². The second-order valence-corrected chi connectivity index (χ2v) is 8.12. The van der Waals surface area contributed by atoms with Crippen LogP contribution >= 0.6 is 0 Å². The van der Waals surface area contributed by atoms with E-state index in [1.807, 2.05) is 46.1 Å². The highest BCUT2D eigenvalue weighted by atomic mass is 16.2. The zero-order chi connectivity index (χ0) is 21.2. The number of rotatable bonds is 4. The maximum Gasteiger partial charge on any atom is 0.253 e. The lowest BCUT2D eigenvalue weighted by atomic mass is 9.89. The van der Waals surface area contributed by atoms with Crippen molar-refractivity contribution in [3.8, 4) is 16.8 Å². The van der Waals surface area contributed by atoms with E-state index in [-0.39, 0.29) is 11.8 Å². The van der Waals surface area contributed by atoms with Crippen molar-refractivity contribution in [1.29, 1.82) is 0 Å². The van der Waals surface area contributed by atoms with Crippen molar-refractivity contribution in [1.82, 2.24) is 24.6 Å². The van der Waals surface area contributed by atoms with E-state index >= 15 is 0 Å². The van der Waals surface area contributed by atoms with Crippen molar-refractivity contribution >= 4 is 5.91 Å². The second kappa shape index (κ2) is 8.22. The summed E-state index contributed by atoms with van der Waals surface area (Å²) in [5.74, 6) is 0.332. The number of benzene rings is 2. The van der Waals surface area contributed by atoms with Crippen LogP contribution in [0.3, 0.4) is 0 Å². The number of hydrogen-bond acceptors (Lipinski definition) is 3. The molecular weight excluding hydrogens is 386 g/mol. The molecule has 1 fully saturated rings. The average Bonchev–Trinajstić information content (AvgIpc) is 3.52. The van der Waals surface area contributed by atoms with E-state index in [2.05, 4.69) is 46.4 Å². The van der Waals surface area contributed by atoms with Gasteiger partial charge in [0.15, 0.2) is 0 Å². The van der Waals surface area contributed by atoms with Crippen LogP contribution in [0.2, 0.25) is 0 Å². The van der Waals surface area contributed by atoms with Crippen molar-refractivity contribution in [3.63, 3.8) is 0 Å². The first-order valence-corrected chi connectivity index (χ1v) is 10.7. The van der Waals surface area contributed by atoms with Gasteiger partial charge < -0.3 is 9.47 Å². The largest absolute Gasteiger partial charge is 0.338 e. The van der Waals surface area contributed by atoms with Gasteiger partial charge in [-0.15, -0.1) is 0 Å². The van der Waals surface area contributed by atoms with E-state index in [0.717, 1.165) is 36.3 Å². The lowest BCUT2D eigenvalue weighted by Crippen LogP contribution is -2.39. The van der Waals surface area contributed by atoms with Crippen molar-refractivity contribution < 1.29 is 4.79 Å². The van der Waals surface area contributed by atoms with Crippen LogP contribution in [0.4, 0.5) is 0 Å². The molecule has 2 aromatic carbocycles. The van der Waals surface area contributed by atoms with Crippen LogP contribution in [0.15, 0.2) is 73.4 Å². The predicted molar refractivity (Wildman–Crippen MR) is 120 cm³/mol. The number of nitrogens with zero attached hydrogens (tertiary/aromatic N) is 4. The summed E-state index contributed by atoms with van der Waals surface area (Å²) in [5.41, 5.74) is 6.40. The number of amides is 1. The summed E-state index contributed by atoms with van der Waals surface area (Å²) in [6.07, 6.45) is 9.33. The van der Waals surface area contributed by atoms with Crippen LogP contribution in [0.5, 0.6) is 0 Å². The number of aryl methyl sites for hydroxylation is 1. The second-order valence-electron chi connectivity index (χ2n) is 8.12. The zero-order valence-corrected chi connectivity index (χ0v) is 17.5. The summed E-state index contributed by atoms with van der Waals surface area (Å²) in [7, 11) is 0. The lowest BCUT2D eigenvalue weighted by Gasteiger charge is -2.33. The van der Waals surface area contributed by atoms with Crippen LogP contribution in [0, 0.1) is 6.92 Å². The van der Waals surface area contributed by atoms with Crippen LogP contribution in [-0.4, -0.2) is 43.6 Å². The Morgan fingerprint density at radius 1 is 1.10 bits per heavy atom. The maximum atomic E-state index is 13.2. The maximum absolute atomic E-state index is 13.2. The Kier molecular flexibility index (Phi) is 5.12. The molecule has 1 aliphatic rings. The molecule has 1 N–H and O–H groups in total. The first-order chi connectivity index (χ1) is 15.2. The minimum absolute atomic E-state index is 0.0823. The van der Waals surface area contributed by atoms with Gasteiger partial charge in [-0.1, -0.05) is 24.3 Å². The fourth-order valence-electron chi connectivity index (χ4n) is 4.46. The molecule has 0 aliphatic carbocycles. The number of piperidine rings is 1. The first kappa shape index (κ1) is 19.3. The molecule has 4 aromatic rings. The van der Waals surface area contributed by atoms with Crippen molar-refractivity contribution in [2.45, 2.75) is 25.7 Å². The Balaban J connectivity index is 1.35. The highest BCUT2D eigenvalue weighted by Gasteiger charge is 2.28. The minimum atomic E-state index is 0.0823. The quantitative estimate of drug-likeness (QED) is 0.534. The molecular formula is C25H25N5O. The summed E-state index contributed by atoms with van der Waals surface area (Å²) in [4.78, 5) is 19.3. The molecule has 3 heterocycles. The molecule has 1 saturated heterocycles. The first-order valence-electron chi connectivity index (χ1n) is 10.7. The van der Waals surface area contributed by atoms with E-state index in [1.54, 1.807) is 12.5 Å². The number of carbonyl (C=O) groups is 1. The fraction of sp³-hybridized carbons (Fsp3) is 0.240. The normalized spacial score (nSPS) is 16.4. The third-order valence-corrected chi connectivity index (χ3v) is 6.14. The van der Waals surface area contributed by atoms with Crippen LogP contribution in [0.25, 0.3) is 16.8 Å². The highest BCUT2D eigenvalue weighted by Crippen LogP contribution is 2.34. The average molecular weight is 412 g/mol. The monoisotopic (exact) mass is 411 g/mol. The van der Waals surface area contributed by atoms with Crippen molar-refractivity contribution in [2.24, 2.45) is 0 Å². The molecule has 1 aliphatic heterocycles. The molecule has 0 radical (unpaired) electrons. The Hall–Kier alpha value is -3.67. The van der Waals surface area contributed by atoms with Gasteiger partial charge in [-0.05, 0) is 55.2 Å². The standard InChI is InChI=1S/C25H25N5O/c1-18-5-2-3-7-22(18)23-15-27-28-24(23)20-6-4-13-29(16-20)25(31)19-8-10-21(11-9-19)30-14-12-26-17-30/h2-3,5,7-12,14-15,17,20H,4,6,13,16H2,1H3,(H,27,28)/t20-/m0/s1. The Morgan fingerprint density at radius 2 is 1.94 bits per heavy atom. The molecule has 0 bridgehead atoms. The van der Waals surface area contributed by atoms with Gasteiger partial charge in [0, 0.05) is 53.9 Å². The van der Waals surface area contributed by atoms with Crippen molar-refractivity contribution in [3.05, 3.63) is 90.3 Å². The third-order valence-electron chi connectivity index (χ3n) is 6.14. The molecule has 31 heavy (non-hydrogen) atoms. The van der Waals surface area contributed by atoms with Crippen LogP contribution in [-0.2, 0) is 0 Å². The number of carbonyl (C=O) groups excluding carboxylic acids is 1. The van der Waals surface area contributed by atoms with Gasteiger partial charge in [-0.25, -0.2) is 4.98 Å². The fourth-order valence-corrected chi connectivity index (χ4v) is 4.46. The summed E-state index contributed by atoms with van der Waals surface area (Å²) in [6.45, 7) is 3.60. The number of hydrogen-bond donors (Lipinski definition) is 1. The van der Waals surface area contributed by atoms with Gasteiger partial charge in [0.2, 0.25) is 0 Å². The van der Waals surface area contributed by atoms with E-state index in [1.165, 1.54) is 11.1 Å². The van der Waals surface area contributed by atoms with Gasteiger partial charge in [0.05, 0.1) is 12.5 Å². The smallest absolute Gasteiger partial charge is 0.253 e. The van der Waals surface area contributed by atoms with E-state index in [9.17, 15) is 4.79 Å². The molecule has 1 amide bonds. The van der Waals surface area contributed by atoms with Crippen LogP contribution < -0.4 is 0 Å². The van der Waals surface area contributed by atoms with E-state index < -0.39 is 0 Å². The molecule has 156 valence electrons. The molecule has 0 saturated carbocycles. The zero-order valence-electron chi connectivity index (χ0n) is 17.5. The SMILES string of the molecule is Cc1ccccc1-c1cn[nH]c1[C@H]1CCCN(C(=O)c2ccc(-n3ccnc3)cc2)C1. The summed E-state index contributed by atoms with van der Waals surface area (Å²) in [5, 5.41) is 7.57. The minimum Gasteiger partial charge on any atom is -0.338 e. The van der Waals surface area contributed by atoms with Gasteiger partial charge in [0.1, 0.15) is 0 Å². The summed E-state index contributed by atoms with van der Waals surface area (Å²) >= 11 is 0. The van der Waals surface area contributed by atoms with Gasteiger partial charge in [-0.3, -0.25) is 9.89 Å². The lowest BCUT2D eigenvalue weighted by molar-refractivity contribution is 0.0706. The number of likely N-dealkylation sites (tertiary alicyclic amines) is 1. The van der Waals surface area contributed by atoms with Gasteiger partial charge >= 0.3 is 0 Å². The summed E-state index contributed by atoms with van der Waals surface area (Å²) in [6, 6.07) is 16.1. The topological polar surface area (TPSA) is 66.8 Å². The van der Waals surface area contributed by atoms with Gasteiger partial charge in [-0.2, -0.15) is 5.10 Å².